The summed E-state index contributed by atoms with van der Waals surface area (Å²) in [6, 6.07) is 8.86. The minimum atomic E-state index is 0.850. The molecule has 0 radical (unpaired) electrons. The van der Waals surface area contributed by atoms with Crippen molar-refractivity contribution in [2.45, 2.75) is 26.3 Å². The molecule has 5 rings (SSSR count). The number of methoxy groups -OCH3 is 1. The van der Waals surface area contributed by atoms with Gasteiger partial charge < -0.3 is 10.1 Å². The second kappa shape index (κ2) is 7.31. The lowest BCUT2D eigenvalue weighted by Gasteiger charge is -2.13. The molecule has 1 fully saturated rings. The van der Waals surface area contributed by atoms with Gasteiger partial charge in [-0.2, -0.15) is 5.10 Å². The van der Waals surface area contributed by atoms with E-state index in [0.717, 1.165) is 36.7 Å². The van der Waals surface area contributed by atoms with Gasteiger partial charge in [0.1, 0.15) is 17.6 Å². The molecule has 1 aliphatic rings. The van der Waals surface area contributed by atoms with Gasteiger partial charge >= 0.3 is 0 Å². The predicted octanol–water partition coefficient (Wildman–Crippen LogP) is 4.57. The van der Waals surface area contributed by atoms with Gasteiger partial charge in [0.15, 0.2) is 5.82 Å². The molecule has 6 nitrogen and oxygen atoms in total. The zero-order valence-corrected chi connectivity index (χ0v) is 17.8. The van der Waals surface area contributed by atoms with Crippen molar-refractivity contribution in [3.8, 4) is 16.2 Å². The number of anilines is 1. The maximum atomic E-state index is 5.65. The summed E-state index contributed by atoms with van der Waals surface area (Å²) in [6.07, 6.45) is 4.19. The number of likely N-dealkylation sites (tertiary alicyclic amines) is 1. The molecule has 0 amide bonds. The number of rotatable bonds is 5. The molecular weight excluding hydrogens is 382 g/mol. The van der Waals surface area contributed by atoms with E-state index in [2.05, 4.69) is 56.0 Å². The molecule has 1 aliphatic heterocycles. The van der Waals surface area contributed by atoms with Crippen LogP contribution in [-0.2, 0) is 6.54 Å². The van der Waals surface area contributed by atoms with Crippen LogP contribution in [-0.4, -0.2) is 46.7 Å². The maximum Gasteiger partial charge on any atom is 0.154 e. The molecule has 4 heterocycles. The lowest BCUT2D eigenvalue weighted by molar-refractivity contribution is 0.324. The number of fused-ring (bicyclic) bond motifs is 2. The quantitative estimate of drug-likeness (QED) is 0.525. The average molecular weight is 408 g/mol. The molecule has 0 unspecified atom stereocenters. The Morgan fingerprint density at radius 3 is 2.76 bits per heavy atom. The summed E-state index contributed by atoms with van der Waals surface area (Å²) in [5.41, 5.74) is 4.61. The molecule has 0 spiro atoms. The van der Waals surface area contributed by atoms with Crippen molar-refractivity contribution in [3.63, 3.8) is 0 Å². The number of nitrogens with one attached hydrogen (secondary N) is 1. The summed E-state index contributed by atoms with van der Waals surface area (Å²) in [7, 11) is 3.65. The minimum absolute atomic E-state index is 0.850. The molecule has 0 aliphatic carbocycles. The topological polar surface area (TPSA) is 54.7 Å². The highest BCUT2D eigenvalue weighted by Crippen LogP contribution is 2.42. The fourth-order valence-corrected chi connectivity index (χ4v) is 5.46. The normalized spacial score (nSPS) is 14.9. The van der Waals surface area contributed by atoms with Crippen LogP contribution in [0.3, 0.4) is 0 Å². The third-order valence-electron chi connectivity index (χ3n) is 5.66. The van der Waals surface area contributed by atoms with Crippen molar-refractivity contribution in [3.05, 3.63) is 41.9 Å². The van der Waals surface area contributed by atoms with Crippen LogP contribution in [0.15, 0.2) is 30.6 Å². The predicted molar refractivity (Wildman–Crippen MR) is 119 cm³/mol. The van der Waals surface area contributed by atoms with E-state index >= 15 is 0 Å². The van der Waals surface area contributed by atoms with E-state index in [1.54, 1.807) is 24.8 Å². The van der Waals surface area contributed by atoms with Gasteiger partial charge in [-0.15, -0.1) is 11.3 Å². The molecule has 4 aromatic rings. The molecule has 3 aromatic heterocycles. The van der Waals surface area contributed by atoms with Crippen LogP contribution in [0.1, 0.15) is 24.1 Å². The van der Waals surface area contributed by atoms with Crippen molar-refractivity contribution in [1.82, 2.24) is 19.5 Å². The highest BCUT2D eigenvalue weighted by Gasteiger charge is 2.21. The van der Waals surface area contributed by atoms with E-state index in [1.165, 1.54) is 44.6 Å². The van der Waals surface area contributed by atoms with Crippen molar-refractivity contribution in [2.24, 2.45) is 0 Å². The lowest BCUT2D eigenvalue weighted by atomic mass is 10.1. The van der Waals surface area contributed by atoms with Gasteiger partial charge in [-0.05, 0) is 62.0 Å². The van der Waals surface area contributed by atoms with Crippen LogP contribution in [0, 0.1) is 6.92 Å². The average Bonchev–Trinajstić information content (AvgIpc) is 3.46. The van der Waals surface area contributed by atoms with E-state index < -0.39 is 0 Å². The first-order valence-corrected chi connectivity index (χ1v) is 10.8. The van der Waals surface area contributed by atoms with Gasteiger partial charge in [0.25, 0.3) is 0 Å². The standard InChI is InChI=1S/C22H25N5OS/c1-14-8-15-10-19(29-21(15)18(9-14)28-3)17-11-16(12-26-6-4-5-7-26)27-20(17)22(23-2)24-13-25-27/h8-11,13H,4-7,12H2,1-3H3,(H,23,24,25). The Morgan fingerprint density at radius 2 is 2.00 bits per heavy atom. The Hall–Kier alpha value is -2.64. The zero-order chi connectivity index (χ0) is 20.0. The third-order valence-corrected chi connectivity index (χ3v) is 6.86. The van der Waals surface area contributed by atoms with Gasteiger partial charge in [0, 0.05) is 24.0 Å². The van der Waals surface area contributed by atoms with Gasteiger partial charge in [-0.1, -0.05) is 6.07 Å². The summed E-state index contributed by atoms with van der Waals surface area (Å²) in [5.74, 6) is 1.78. The monoisotopic (exact) mass is 407 g/mol. The number of nitrogens with zero attached hydrogens (tertiary/aromatic N) is 4. The van der Waals surface area contributed by atoms with E-state index in [9.17, 15) is 0 Å². The Bertz CT molecular complexity index is 1190. The summed E-state index contributed by atoms with van der Waals surface area (Å²) < 4.78 is 8.88. The Morgan fingerprint density at radius 1 is 1.17 bits per heavy atom. The highest BCUT2D eigenvalue weighted by molar-refractivity contribution is 7.22. The molecule has 1 aromatic carbocycles. The second-order valence-corrected chi connectivity index (χ2v) is 8.70. The second-order valence-electron chi connectivity index (χ2n) is 7.65. The molecule has 7 heteroatoms. The molecule has 1 N–H and O–H groups in total. The summed E-state index contributed by atoms with van der Waals surface area (Å²) >= 11 is 1.77. The summed E-state index contributed by atoms with van der Waals surface area (Å²) in [4.78, 5) is 8.19. The van der Waals surface area contributed by atoms with E-state index in [0.29, 0.717) is 0 Å². The minimum Gasteiger partial charge on any atom is -0.495 e. The van der Waals surface area contributed by atoms with Crippen LogP contribution < -0.4 is 10.1 Å². The first-order valence-electron chi connectivity index (χ1n) is 10.0. The highest BCUT2D eigenvalue weighted by atomic mass is 32.1. The largest absolute Gasteiger partial charge is 0.495 e. The number of thiophene rings is 1. The van der Waals surface area contributed by atoms with Crippen molar-refractivity contribution in [1.29, 1.82) is 0 Å². The van der Waals surface area contributed by atoms with Crippen LogP contribution in [0.2, 0.25) is 0 Å². The number of hydrogen-bond acceptors (Lipinski definition) is 6. The number of aryl methyl sites for hydroxylation is 1. The van der Waals surface area contributed by atoms with Crippen molar-refractivity contribution in [2.75, 3.05) is 32.6 Å². The number of ether oxygens (including phenoxy) is 1. The third kappa shape index (κ3) is 3.14. The fraction of sp³-hybridized carbons (Fsp3) is 0.364. The Labute approximate surface area is 174 Å². The molecule has 0 saturated carbocycles. The summed E-state index contributed by atoms with van der Waals surface area (Å²) in [5, 5.41) is 9.06. The smallest absolute Gasteiger partial charge is 0.154 e. The van der Waals surface area contributed by atoms with E-state index in [4.69, 9.17) is 4.74 Å². The van der Waals surface area contributed by atoms with Crippen LogP contribution >= 0.6 is 11.3 Å². The molecular formula is C22H25N5OS. The first kappa shape index (κ1) is 18.4. The van der Waals surface area contributed by atoms with Crippen LogP contribution in [0.4, 0.5) is 5.82 Å². The number of hydrogen-bond donors (Lipinski definition) is 1. The molecule has 150 valence electrons. The Balaban J connectivity index is 1.70. The SMILES string of the molecule is CNc1ncnn2c(CN3CCCC3)cc(-c3cc4cc(C)cc(OC)c4s3)c12. The maximum absolute atomic E-state index is 5.65. The van der Waals surface area contributed by atoms with Crippen molar-refractivity contribution >= 4 is 32.8 Å². The van der Waals surface area contributed by atoms with E-state index in [1.807, 2.05) is 7.05 Å². The molecule has 0 atom stereocenters. The fourth-order valence-electron chi connectivity index (χ4n) is 4.31. The zero-order valence-electron chi connectivity index (χ0n) is 17.0. The van der Waals surface area contributed by atoms with Gasteiger partial charge in [0.2, 0.25) is 0 Å². The van der Waals surface area contributed by atoms with E-state index in [-0.39, 0.29) is 0 Å². The van der Waals surface area contributed by atoms with Crippen LogP contribution in [0.25, 0.3) is 26.0 Å². The molecule has 1 saturated heterocycles. The van der Waals surface area contributed by atoms with Crippen molar-refractivity contribution < 1.29 is 4.74 Å². The Kier molecular flexibility index (Phi) is 4.64. The van der Waals surface area contributed by atoms with Gasteiger partial charge in [-0.25, -0.2) is 9.50 Å². The van der Waals surface area contributed by atoms with Gasteiger partial charge in [0.05, 0.1) is 17.5 Å². The number of benzene rings is 1. The lowest BCUT2D eigenvalue weighted by Crippen LogP contribution is -2.19. The van der Waals surface area contributed by atoms with Crippen LogP contribution in [0.5, 0.6) is 5.75 Å². The van der Waals surface area contributed by atoms with Gasteiger partial charge in [-0.3, -0.25) is 4.90 Å². The molecule has 29 heavy (non-hydrogen) atoms. The number of aromatic nitrogens is 3. The first-order chi connectivity index (χ1) is 14.2. The molecule has 0 bridgehead atoms. The summed E-state index contributed by atoms with van der Waals surface area (Å²) in [6.45, 7) is 5.33.